The van der Waals surface area contributed by atoms with Crippen LogP contribution < -0.4 is 4.90 Å². The van der Waals surface area contributed by atoms with Gasteiger partial charge in [0.25, 0.3) is 0 Å². The number of methoxy groups -OCH3 is 2. The van der Waals surface area contributed by atoms with Gasteiger partial charge in [-0.05, 0) is 44.2 Å². The SMILES string of the molecule is COC(=O)C1=C(C(=O)OC)N(c2ccc(-n3nc(C)cc3C)c(F)c2)C=CC=C1. The molecule has 2 aromatic rings. The summed E-state index contributed by atoms with van der Waals surface area (Å²) in [5.74, 6) is -2.01. The van der Waals surface area contributed by atoms with Gasteiger partial charge in [-0.3, -0.25) is 0 Å². The first-order valence-corrected chi connectivity index (χ1v) is 8.75. The standard InChI is InChI=1S/C21H20FN3O4/c1-13-11-14(2)25(23-13)18-9-8-15(12-17(18)22)24-10-6-5-7-16(20(26)28-3)19(24)21(27)29-4/h5-12H,1-4H3. The van der Waals surface area contributed by atoms with Crippen molar-refractivity contribution in [3.8, 4) is 5.69 Å². The second-order valence-electron chi connectivity index (χ2n) is 6.29. The minimum absolute atomic E-state index is 0.00706. The number of hydrogen-bond donors (Lipinski definition) is 0. The fraction of sp³-hybridized carbons (Fsp3) is 0.190. The molecule has 0 radical (unpaired) electrons. The number of aromatic nitrogens is 2. The Labute approximate surface area is 167 Å². The number of aryl methyl sites for hydroxylation is 2. The third-order valence-electron chi connectivity index (χ3n) is 4.34. The van der Waals surface area contributed by atoms with Gasteiger partial charge in [-0.15, -0.1) is 0 Å². The molecule has 0 amide bonds. The van der Waals surface area contributed by atoms with Crippen LogP contribution >= 0.6 is 0 Å². The van der Waals surface area contributed by atoms with Gasteiger partial charge in [-0.1, -0.05) is 6.08 Å². The molecule has 1 aliphatic heterocycles. The van der Waals surface area contributed by atoms with Gasteiger partial charge >= 0.3 is 11.9 Å². The second-order valence-corrected chi connectivity index (χ2v) is 6.29. The maximum atomic E-state index is 15.0. The van der Waals surface area contributed by atoms with Crippen molar-refractivity contribution in [2.45, 2.75) is 13.8 Å². The van der Waals surface area contributed by atoms with Gasteiger partial charge in [0, 0.05) is 23.6 Å². The van der Waals surface area contributed by atoms with Gasteiger partial charge in [-0.25, -0.2) is 18.7 Å². The molecule has 8 heteroatoms. The third kappa shape index (κ3) is 3.82. The van der Waals surface area contributed by atoms with Crippen molar-refractivity contribution in [2.75, 3.05) is 19.1 Å². The lowest BCUT2D eigenvalue weighted by atomic mass is 10.1. The molecule has 0 unspecified atom stereocenters. The fourth-order valence-corrected chi connectivity index (χ4v) is 3.06. The zero-order valence-corrected chi connectivity index (χ0v) is 16.5. The number of benzene rings is 1. The van der Waals surface area contributed by atoms with E-state index in [2.05, 4.69) is 5.10 Å². The molecule has 0 saturated heterocycles. The first-order valence-electron chi connectivity index (χ1n) is 8.75. The summed E-state index contributed by atoms with van der Waals surface area (Å²) in [6.07, 6.45) is 6.17. The monoisotopic (exact) mass is 397 g/mol. The zero-order valence-electron chi connectivity index (χ0n) is 16.5. The molecule has 0 aliphatic carbocycles. The van der Waals surface area contributed by atoms with Gasteiger partial charge in [0.15, 0.2) is 5.82 Å². The van der Waals surface area contributed by atoms with Crippen LogP contribution in [0.25, 0.3) is 5.69 Å². The van der Waals surface area contributed by atoms with Crippen LogP contribution in [0, 0.1) is 19.7 Å². The molecule has 0 saturated carbocycles. The van der Waals surface area contributed by atoms with Crippen molar-refractivity contribution in [1.82, 2.24) is 9.78 Å². The number of carbonyl (C=O) groups excluding carboxylic acids is 2. The molecular weight excluding hydrogens is 377 g/mol. The second kappa shape index (κ2) is 8.14. The number of hydrogen-bond acceptors (Lipinski definition) is 6. The molecular formula is C21H20FN3O4. The van der Waals surface area contributed by atoms with E-state index in [1.165, 1.54) is 42.1 Å². The van der Waals surface area contributed by atoms with Crippen LogP contribution in [0.1, 0.15) is 11.4 Å². The Morgan fingerprint density at radius 1 is 1.03 bits per heavy atom. The van der Waals surface area contributed by atoms with Gasteiger partial charge in [0.1, 0.15) is 11.4 Å². The van der Waals surface area contributed by atoms with Crippen LogP contribution in [0.2, 0.25) is 0 Å². The van der Waals surface area contributed by atoms with E-state index in [0.717, 1.165) is 11.4 Å². The van der Waals surface area contributed by atoms with Crippen molar-refractivity contribution >= 4 is 17.6 Å². The third-order valence-corrected chi connectivity index (χ3v) is 4.34. The summed E-state index contributed by atoms with van der Waals surface area (Å²) in [7, 11) is 2.41. The Bertz CT molecular complexity index is 1070. The highest BCUT2D eigenvalue weighted by molar-refractivity contribution is 6.05. The average Bonchev–Trinajstić information content (AvgIpc) is 2.91. The molecule has 1 aromatic carbocycles. The molecule has 3 rings (SSSR count). The quantitative estimate of drug-likeness (QED) is 0.738. The Morgan fingerprint density at radius 3 is 2.34 bits per heavy atom. The van der Waals surface area contributed by atoms with Crippen LogP contribution in [-0.2, 0) is 19.1 Å². The summed E-state index contributed by atoms with van der Waals surface area (Å²) in [4.78, 5) is 26.0. The maximum Gasteiger partial charge on any atom is 0.355 e. The van der Waals surface area contributed by atoms with Gasteiger partial charge in [0.05, 0.1) is 25.5 Å². The number of rotatable bonds is 4. The predicted molar refractivity (Wildman–Crippen MR) is 105 cm³/mol. The first-order chi connectivity index (χ1) is 13.9. The largest absolute Gasteiger partial charge is 0.465 e. The summed E-state index contributed by atoms with van der Waals surface area (Å²) in [6.45, 7) is 3.66. The molecule has 2 heterocycles. The minimum atomic E-state index is -0.760. The Balaban J connectivity index is 2.12. The van der Waals surface area contributed by atoms with Crippen molar-refractivity contribution in [1.29, 1.82) is 0 Å². The fourth-order valence-electron chi connectivity index (χ4n) is 3.06. The van der Waals surface area contributed by atoms with Gasteiger partial charge in [0.2, 0.25) is 0 Å². The van der Waals surface area contributed by atoms with E-state index >= 15 is 0 Å². The predicted octanol–water partition coefficient (Wildman–Crippen LogP) is 3.12. The highest BCUT2D eigenvalue weighted by atomic mass is 19.1. The van der Waals surface area contributed by atoms with E-state index in [4.69, 9.17) is 9.47 Å². The Morgan fingerprint density at radius 2 is 1.76 bits per heavy atom. The minimum Gasteiger partial charge on any atom is -0.465 e. The van der Waals surface area contributed by atoms with Crippen molar-refractivity contribution in [3.05, 3.63) is 77.2 Å². The van der Waals surface area contributed by atoms with Gasteiger partial charge in [-0.2, -0.15) is 5.10 Å². The number of halogens is 1. The molecule has 0 N–H and O–H groups in total. The van der Waals surface area contributed by atoms with Crippen LogP contribution in [0.4, 0.5) is 10.1 Å². The van der Waals surface area contributed by atoms with E-state index in [1.54, 1.807) is 24.3 Å². The number of anilines is 1. The van der Waals surface area contributed by atoms with Crippen LogP contribution in [-0.4, -0.2) is 35.9 Å². The van der Waals surface area contributed by atoms with E-state index < -0.39 is 17.8 Å². The highest BCUT2D eigenvalue weighted by Gasteiger charge is 2.28. The lowest BCUT2D eigenvalue weighted by Crippen LogP contribution is -2.27. The summed E-state index contributed by atoms with van der Waals surface area (Å²) < 4.78 is 26.1. The Kier molecular flexibility index (Phi) is 5.63. The first kappa shape index (κ1) is 20.1. The molecule has 29 heavy (non-hydrogen) atoms. The van der Waals surface area contributed by atoms with E-state index in [1.807, 2.05) is 19.9 Å². The van der Waals surface area contributed by atoms with E-state index in [0.29, 0.717) is 5.69 Å². The van der Waals surface area contributed by atoms with Gasteiger partial charge < -0.3 is 14.4 Å². The summed E-state index contributed by atoms with van der Waals surface area (Å²) in [5, 5.41) is 4.30. The summed E-state index contributed by atoms with van der Waals surface area (Å²) in [5.41, 5.74) is 2.07. The number of ether oxygens (including phenoxy) is 2. The molecule has 1 aliphatic rings. The molecule has 0 spiro atoms. The maximum absolute atomic E-state index is 15.0. The lowest BCUT2D eigenvalue weighted by molar-refractivity contribution is -0.139. The number of esters is 2. The van der Waals surface area contributed by atoms with Crippen molar-refractivity contribution in [2.24, 2.45) is 0 Å². The lowest BCUT2D eigenvalue weighted by Gasteiger charge is -2.23. The Hall–Kier alpha value is -3.68. The summed E-state index contributed by atoms with van der Waals surface area (Å²) >= 11 is 0. The average molecular weight is 397 g/mol. The van der Waals surface area contributed by atoms with Crippen LogP contribution in [0.5, 0.6) is 0 Å². The molecule has 150 valence electrons. The van der Waals surface area contributed by atoms with Crippen molar-refractivity contribution in [3.63, 3.8) is 0 Å². The molecule has 7 nitrogen and oxygen atoms in total. The van der Waals surface area contributed by atoms with Crippen LogP contribution in [0.15, 0.2) is 60.0 Å². The smallest absolute Gasteiger partial charge is 0.355 e. The van der Waals surface area contributed by atoms with E-state index in [9.17, 15) is 14.0 Å². The number of carbonyl (C=O) groups is 2. The molecule has 0 atom stereocenters. The number of allylic oxidation sites excluding steroid dienone is 2. The van der Waals surface area contributed by atoms with Crippen LogP contribution in [0.3, 0.4) is 0 Å². The highest BCUT2D eigenvalue weighted by Crippen LogP contribution is 2.29. The number of nitrogens with zero attached hydrogens (tertiary/aromatic N) is 3. The van der Waals surface area contributed by atoms with Crippen molar-refractivity contribution < 1.29 is 23.5 Å². The molecule has 0 bridgehead atoms. The molecule has 0 fully saturated rings. The zero-order chi connectivity index (χ0) is 21.1. The summed E-state index contributed by atoms with van der Waals surface area (Å²) in [6, 6.07) is 6.29. The topological polar surface area (TPSA) is 73.7 Å². The van der Waals surface area contributed by atoms with E-state index in [-0.39, 0.29) is 17.0 Å². The molecule has 1 aromatic heterocycles. The normalized spacial score (nSPS) is 13.5.